The quantitative estimate of drug-likeness (QED) is 0.863. The second kappa shape index (κ2) is 5.48. The topological polar surface area (TPSA) is 29.0 Å². The molecule has 0 unspecified atom stereocenters. The minimum Gasteiger partial charge on any atom is -0.354 e. The predicted octanol–water partition coefficient (Wildman–Crippen LogP) is 3.44. The van der Waals surface area contributed by atoms with Crippen LogP contribution in [0.3, 0.4) is 0 Å². The molecule has 0 saturated carbocycles. The van der Waals surface area contributed by atoms with Gasteiger partial charge in [0, 0.05) is 13.6 Å². The highest BCUT2D eigenvalue weighted by Crippen LogP contribution is 2.32. The van der Waals surface area contributed by atoms with Crippen molar-refractivity contribution < 1.29 is 13.2 Å². The van der Waals surface area contributed by atoms with Gasteiger partial charge in [-0.1, -0.05) is 18.2 Å². The Morgan fingerprint density at radius 2 is 1.90 bits per heavy atom. The van der Waals surface area contributed by atoms with Crippen molar-refractivity contribution in [2.24, 2.45) is 0 Å². The van der Waals surface area contributed by atoms with Gasteiger partial charge in [-0.15, -0.1) is 5.10 Å². The molecule has 0 amide bonds. The summed E-state index contributed by atoms with van der Waals surface area (Å²) in [4.78, 5) is 1.64. The summed E-state index contributed by atoms with van der Waals surface area (Å²) in [5.74, 6) is 0.543. The summed E-state index contributed by atoms with van der Waals surface area (Å²) < 4.78 is 38.8. The van der Waals surface area contributed by atoms with Crippen molar-refractivity contribution >= 4 is 5.82 Å². The lowest BCUT2D eigenvalue weighted by Gasteiger charge is -2.20. The molecular formula is C14H14F3N3. The molecule has 2 aromatic rings. The van der Waals surface area contributed by atoms with Crippen molar-refractivity contribution in [1.82, 2.24) is 10.2 Å². The highest BCUT2D eigenvalue weighted by atomic mass is 19.4. The van der Waals surface area contributed by atoms with Gasteiger partial charge in [0.2, 0.25) is 0 Å². The fourth-order valence-corrected chi connectivity index (χ4v) is 1.91. The van der Waals surface area contributed by atoms with E-state index in [0.29, 0.717) is 5.82 Å². The minimum absolute atomic E-state index is 0.119. The summed E-state index contributed by atoms with van der Waals surface area (Å²) in [6, 6.07) is 7.33. The Morgan fingerprint density at radius 1 is 1.20 bits per heavy atom. The van der Waals surface area contributed by atoms with Gasteiger partial charge in [-0.25, -0.2) is 0 Å². The lowest BCUT2D eigenvalue weighted by atomic mass is 10.1. The molecule has 0 fully saturated rings. The van der Waals surface area contributed by atoms with Gasteiger partial charge in [-0.2, -0.15) is 18.3 Å². The van der Waals surface area contributed by atoms with Gasteiger partial charge in [0.25, 0.3) is 0 Å². The van der Waals surface area contributed by atoms with E-state index in [1.807, 2.05) is 6.92 Å². The summed E-state index contributed by atoms with van der Waals surface area (Å²) in [7, 11) is 1.69. The number of aryl methyl sites for hydroxylation is 1. The lowest BCUT2D eigenvalue weighted by molar-refractivity contribution is -0.138. The maximum absolute atomic E-state index is 12.9. The van der Waals surface area contributed by atoms with E-state index < -0.39 is 11.7 Å². The van der Waals surface area contributed by atoms with Crippen molar-refractivity contribution in [3.63, 3.8) is 0 Å². The smallest absolute Gasteiger partial charge is 0.354 e. The molecule has 0 aliphatic rings. The van der Waals surface area contributed by atoms with Crippen LogP contribution in [0.1, 0.15) is 16.7 Å². The van der Waals surface area contributed by atoms with Crippen molar-refractivity contribution in [1.29, 1.82) is 0 Å². The average Bonchev–Trinajstić information content (AvgIpc) is 2.38. The molecule has 0 aliphatic carbocycles. The zero-order valence-electron chi connectivity index (χ0n) is 11.1. The predicted molar refractivity (Wildman–Crippen MR) is 70.3 cm³/mol. The Morgan fingerprint density at radius 3 is 2.55 bits per heavy atom. The number of benzene rings is 1. The largest absolute Gasteiger partial charge is 0.416 e. The van der Waals surface area contributed by atoms with E-state index >= 15 is 0 Å². The summed E-state index contributed by atoms with van der Waals surface area (Å²) >= 11 is 0. The Kier molecular flexibility index (Phi) is 3.92. The first kappa shape index (κ1) is 14.3. The zero-order chi connectivity index (χ0) is 14.8. The summed E-state index contributed by atoms with van der Waals surface area (Å²) in [5.41, 5.74) is 0.504. The maximum Gasteiger partial charge on any atom is 0.416 e. The number of hydrogen-bond donors (Lipinski definition) is 0. The van der Waals surface area contributed by atoms with Crippen LogP contribution in [0.15, 0.2) is 36.5 Å². The van der Waals surface area contributed by atoms with Crippen LogP contribution < -0.4 is 4.90 Å². The standard InChI is InChI=1S/C14H14F3N3/c1-10-7-13(19-18-8-10)20(2)9-11-5-3-4-6-12(11)14(15,16)17/h3-8H,9H2,1-2H3. The molecule has 0 radical (unpaired) electrons. The Hall–Kier alpha value is -2.11. The highest BCUT2D eigenvalue weighted by molar-refractivity contribution is 5.41. The SMILES string of the molecule is Cc1cnnc(N(C)Cc2ccccc2C(F)(F)F)c1. The van der Waals surface area contributed by atoms with E-state index in [1.54, 1.807) is 30.3 Å². The minimum atomic E-state index is -4.35. The van der Waals surface area contributed by atoms with Gasteiger partial charge in [0.15, 0.2) is 5.82 Å². The van der Waals surface area contributed by atoms with Gasteiger partial charge in [0.1, 0.15) is 0 Å². The fraction of sp³-hybridized carbons (Fsp3) is 0.286. The van der Waals surface area contributed by atoms with E-state index in [-0.39, 0.29) is 12.1 Å². The fourth-order valence-electron chi connectivity index (χ4n) is 1.91. The highest BCUT2D eigenvalue weighted by Gasteiger charge is 2.33. The number of nitrogens with zero attached hydrogens (tertiary/aromatic N) is 3. The van der Waals surface area contributed by atoms with Gasteiger partial charge in [-0.3, -0.25) is 0 Å². The summed E-state index contributed by atoms with van der Waals surface area (Å²) in [6.45, 7) is 1.98. The molecule has 1 aromatic heterocycles. The summed E-state index contributed by atoms with van der Waals surface area (Å²) in [5, 5.41) is 7.73. The van der Waals surface area contributed by atoms with E-state index in [2.05, 4.69) is 10.2 Å². The Bertz CT molecular complexity index is 596. The van der Waals surface area contributed by atoms with E-state index in [4.69, 9.17) is 0 Å². The average molecular weight is 281 g/mol. The van der Waals surface area contributed by atoms with Gasteiger partial charge < -0.3 is 4.90 Å². The third kappa shape index (κ3) is 3.26. The van der Waals surface area contributed by atoms with Crippen LogP contribution in [0.4, 0.5) is 19.0 Å². The monoisotopic (exact) mass is 281 g/mol. The number of halogens is 3. The number of aromatic nitrogens is 2. The van der Waals surface area contributed by atoms with E-state index in [0.717, 1.165) is 11.6 Å². The molecule has 1 heterocycles. The molecule has 0 aliphatic heterocycles. The second-order valence-corrected chi connectivity index (χ2v) is 4.60. The van der Waals surface area contributed by atoms with Crippen molar-refractivity contribution in [2.45, 2.75) is 19.6 Å². The molecule has 0 bridgehead atoms. The van der Waals surface area contributed by atoms with Gasteiger partial charge in [0.05, 0.1) is 11.8 Å². The molecule has 2 rings (SSSR count). The van der Waals surface area contributed by atoms with Crippen molar-refractivity contribution in [3.8, 4) is 0 Å². The molecule has 20 heavy (non-hydrogen) atoms. The summed E-state index contributed by atoms with van der Waals surface area (Å²) in [6.07, 6.45) is -2.75. The molecule has 1 aromatic carbocycles. The Labute approximate surface area is 115 Å². The number of hydrogen-bond acceptors (Lipinski definition) is 3. The normalized spacial score (nSPS) is 11.4. The molecule has 0 saturated heterocycles. The van der Waals surface area contributed by atoms with Crippen molar-refractivity contribution in [2.75, 3.05) is 11.9 Å². The number of alkyl halides is 3. The number of anilines is 1. The van der Waals surface area contributed by atoms with E-state index in [9.17, 15) is 13.2 Å². The van der Waals surface area contributed by atoms with Crippen LogP contribution in [0, 0.1) is 6.92 Å². The van der Waals surface area contributed by atoms with Gasteiger partial charge >= 0.3 is 6.18 Å². The maximum atomic E-state index is 12.9. The Balaban J connectivity index is 2.26. The second-order valence-electron chi connectivity index (χ2n) is 4.60. The lowest BCUT2D eigenvalue weighted by Crippen LogP contribution is -2.21. The molecule has 0 N–H and O–H groups in total. The molecule has 106 valence electrons. The van der Waals surface area contributed by atoms with Crippen LogP contribution >= 0.6 is 0 Å². The molecule has 0 spiro atoms. The molecule has 6 heteroatoms. The first-order chi connectivity index (χ1) is 9.38. The van der Waals surface area contributed by atoms with Crippen LogP contribution in [-0.2, 0) is 12.7 Å². The van der Waals surface area contributed by atoms with Crippen LogP contribution in [-0.4, -0.2) is 17.2 Å². The van der Waals surface area contributed by atoms with Crippen LogP contribution in [0.25, 0.3) is 0 Å². The van der Waals surface area contributed by atoms with Crippen LogP contribution in [0.5, 0.6) is 0 Å². The van der Waals surface area contributed by atoms with Gasteiger partial charge in [-0.05, 0) is 30.2 Å². The van der Waals surface area contributed by atoms with Crippen molar-refractivity contribution in [3.05, 3.63) is 53.2 Å². The molecule has 0 atom stereocenters. The third-order valence-corrected chi connectivity index (χ3v) is 2.90. The number of rotatable bonds is 3. The first-order valence-electron chi connectivity index (χ1n) is 6.03. The zero-order valence-corrected chi connectivity index (χ0v) is 11.1. The third-order valence-electron chi connectivity index (χ3n) is 2.90. The molecule has 3 nitrogen and oxygen atoms in total. The first-order valence-corrected chi connectivity index (χ1v) is 6.03. The van der Waals surface area contributed by atoms with Crippen LogP contribution in [0.2, 0.25) is 0 Å². The van der Waals surface area contributed by atoms with E-state index in [1.165, 1.54) is 12.1 Å². The molecular weight excluding hydrogens is 267 g/mol.